The zero-order valence-electron chi connectivity index (χ0n) is 19.3. The Kier molecular flexibility index (Phi) is 8.35. The molecule has 37 heavy (non-hydrogen) atoms. The summed E-state index contributed by atoms with van der Waals surface area (Å²) < 4.78 is 12.0. The first-order valence-electron chi connectivity index (χ1n) is 11.3. The molecule has 1 aromatic carbocycles. The average molecular weight is 634 g/mol. The van der Waals surface area contributed by atoms with Crippen molar-refractivity contribution in [3.05, 3.63) is 41.1 Å². The fourth-order valence-electron chi connectivity index (χ4n) is 4.08. The Hall–Kier alpha value is -2.76. The van der Waals surface area contributed by atoms with E-state index in [1.165, 1.54) is 18.2 Å². The molecule has 0 amide bonds. The van der Waals surface area contributed by atoms with Crippen molar-refractivity contribution < 1.29 is 79.1 Å². The van der Waals surface area contributed by atoms with Crippen molar-refractivity contribution >= 4 is 23.8 Å². The number of hydrogen-bond acceptors (Lipinski definition) is 10. The van der Waals surface area contributed by atoms with Crippen LogP contribution in [0.2, 0.25) is 0 Å². The first-order chi connectivity index (χ1) is 17.6. The molecule has 5 unspecified atom stereocenters. The number of phenols is 1. The topological polar surface area (TPSA) is 209 Å². The fraction of sp³-hybridized carbons (Fsp3) is 0.435. The van der Waals surface area contributed by atoms with Crippen LogP contribution in [0.15, 0.2) is 35.6 Å². The van der Waals surface area contributed by atoms with Gasteiger partial charge >= 0.3 is 221 Å². The molecule has 0 aliphatic carbocycles. The second kappa shape index (κ2) is 11.3. The van der Waals surface area contributed by atoms with Gasteiger partial charge in [-0.15, -0.1) is 0 Å². The van der Waals surface area contributed by atoms with Gasteiger partial charge in [-0.1, -0.05) is 0 Å². The van der Waals surface area contributed by atoms with Crippen molar-refractivity contribution in [1.29, 1.82) is 0 Å². The molecule has 3 aliphatic rings. The Labute approximate surface area is 221 Å². The third-order valence-corrected chi connectivity index (χ3v) is 9.17. The molecule has 1 aromatic rings. The average Bonchev–Trinajstić information content (AvgIpc) is 2.88. The Balaban J connectivity index is 1.65. The van der Waals surface area contributed by atoms with Gasteiger partial charge in [0.1, 0.15) is 0 Å². The maximum absolute atomic E-state index is 11.9. The molecule has 3 aliphatic heterocycles. The van der Waals surface area contributed by atoms with Gasteiger partial charge in [-0.2, -0.15) is 0 Å². The predicted molar refractivity (Wildman–Crippen MR) is 120 cm³/mol. The second-order valence-corrected chi connectivity index (χ2v) is 11.7. The number of benzene rings is 1. The summed E-state index contributed by atoms with van der Waals surface area (Å²) in [5.74, 6) is -2.54. The number of carboxylic acids is 2. The molecule has 202 valence electrons. The van der Waals surface area contributed by atoms with Crippen LogP contribution in [0.4, 0.5) is 5.69 Å². The number of fused-ring (bicyclic) bond motifs is 1. The molecule has 4 rings (SSSR count). The molecule has 1 saturated heterocycles. The number of carboxylic acid groups (broad SMARTS) is 2. The van der Waals surface area contributed by atoms with Crippen LogP contribution < -0.4 is 31.5 Å². The van der Waals surface area contributed by atoms with Crippen LogP contribution in [0.5, 0.6) is 11.5 Å². The van der Waals surface area contributed by atoms with Gasteiger partial charge in [-0.05, 0) is 0 Å². The third-order valence-electron chi connectivity index (χ3n) is 6.08. The van der Waals surface area contributed by atoms with Gasteiger partial charge in [0.2, 0.25) is 0 Å². The van der Waals surface area contributed by atoms with Gasteiger partial charge in [0.15, 0.2) is 0 Å². The van der Waals surface area contributed by atoms with E-state index in [1.54, 1.807) is 15.1 Å². The monoisotopic (exact) mass is 634 g/mol. The van der Waals surface area contributed by atoms with Crippen LogP contribution in [0.25, 0.3) is 0 Å². The number of carbonyl (C=O) groups is 2. The number of nitrogens with one attached hydrogen (secondary N) is 1. The van der Waals surface area contributed by atoms with Crippen LogP contribution in [-0.2, 0) is 20.7 Å². The second-order valence-electron chi connectivity index (χ2n) is 8.61. The summed E-state index contributed by atoms with van der Waals surface area (Å²) >= 11 is -1.09. The number of aliphatic hydroxyl groups is 4. The molecule has 0 spiro atoms. The van der Waals surface area contributed by atoms with E-state index < -0.39 is 74.7 Å². The summed E-state index contributed by atoms with van der Waals surface area (Å²) in [4.78, 5) is 23.1. The van der Waals surface area contributed by atoms with Crippen molar-refractivity contribution in [2.75, 3.05) is 13.2 Å². The van der Waals surface area contributed by atoms with Gasteiger partial charge in [0.25, 0.3) is 0 Å². The number of aromatic hydroxyl groups is 1. The number of aliphatic carboxylic acids is 2. The van der Waals surface area contributed by atoms with E-state index in [0.717, 1.165) is 5.57 Å². The zero-order valence-corrected chi connectivity index (χ0v) is 21.4. The number of rotatable bonds is 6. The normalized spacial score (nSPS) is 32.1. The molecular formula is C23H27IN2O11. The van der Waals surface area contributed by atoms with E-state index in [2.05, 4.69) is 5.32 Å². The summed E-state index contributed by atoms with van der Waals surface area (Å²) in [5, 5.41) is 71.9. The maximum atomic E-state index is 11.9. The van der Waals surface area contributed by atoms with Crippen LogP contribution in [0.1, 0.15) is 12.0 Å². The van der Waals surface area contributed by atoms with Crippen molar-refractivity contribution in [2.45, 2.75) is 47.5 Å². The molecule has 6 atom stereocenters. The molecule has 0 saturated carbocycles. The molecule has 1 fully saturated rings. The van der Waals surface area contributed by atoms with Gasteiger partial charge in [-0.3, -0.25) is 0 Å². The number of allylic oxidation sites excluding steroid dienone is 2. The number of aliphatic hydroxyl groups excluding tert-OH is 4. The van der Waals surface area contributed by atoms with E-state index >= 15 is 0 Å². The molecule has 0 aromatic heterocycles. The number of phenolic OH excluding ortho intramolecular Hbond substituents is 1. The molecule has 14 heteroatoms. The van der Waals surface area contributed by atoms with Gasteiger partial charge < -0.3 is 0 Å². The van der Waals surface area contributed by atoms with Crippen molar-refractivity contribution in [3.8, 4) is 11.5 Å². The summed E-state index contributed by atoms with van der Waals surface area (Å²) in [6.07, 6.45) is -2.00. The first-order valence-corrected chi connectivity index (χ1v) is 13.5. The molecule has 8 N–H and O–H groups in total. The SMILES string of the molecule is O=C(O)C1=C/C(=C/C=[N+]2\[I-][C@H](C(=O)O)Cc3cc(OC4OC(CO)C(O)C(O)C4O)c(O)cc32)CCN1. The number of nitrogens with zero attached hydrogens (tertiary/aromatic N) is 1. The Morgan fingerprint density at radius 1 is 1.19 bits per heavy atom. The minimum atomic E-state index is -1.68. The first kappa shape index (κ1) is 27.3. The Morgan fingerprint density at radius 3 is 2.62 bits per heavy atom. The Bertz CT molecular complexity index is 1170. The fourth-order valence-corrected chi connectivity index (χ4v) is 6.80. The molecule has 13 nitrogen and oxygen atoms in total. The molecule has 3 heterocycles. The van der Waals surface area contributed by atoms with Gasteiger partial charge in [0, 0.05) is 0 Å². The summed E-state index contributed by atoms with van der Waals surface area (Å²) in [5.41, 5.74) is 1.90. The third kappa shape index (κ3) is 5.89. The standard InChI is InChI=1S/C23H27IN2O11/c27-9-17-18(29)19(30)20(31)23(37-17)36-16-7-11-6-12(21(32)33)24-26(14(11)8-15(16)28)4-2-10-1-3-25-13(5-10)22(34)35/h2,4-5,7-8,12,17-20,23,25,27-31H,1,3,6,9H2,(H,32,33)(H,34,35)/b10-2+,26-4-/t12-,17?,18?,19?,20?,23?/m0/s1. The van der Waals surface area contributed by atoms with Crippen molar-refractivity contribution in [3.63, 3.8) is 0 Å². The van der Waals surface area contributed by atoms with Crippen LogP contribution in [-0.4, -0.2) is 104 Å². The number of ether oxygens (including phenoxy) is 2. The Morgan fingerprint density at radius 2 is 1.95 bits per heavy atom. The molecular weight excluding hydrogens is 607 g/mol. The summed E-state index contributed by atoms with van der Waals surface area (Å²) in [6.45, 7) is -0.203. The predicted octanol–water partition coefficient (Wildman–Crippen LogP) is -4.81. The number of halogens is 1. The summed E-state index contributed by atoms with van der Waals surface area (Å²) in [6, 6.07) is 2.81. The van der Waals surface area contributed by atoms with Crippen LogP contribution in [0, 0.1) is 0 Å². The van der Waals surface area contributed by atoms with E-state index in [4.69, 9.17) is 9.47 Å². The van der Waals surface area contributed by atoms with E-state index in [1.807, 2.05) is 0 Å². The van der Waals surface area contributed by atoms with Gasteiger partial charge in [0.05, 0.1) is 0 Å². The van der Waals surface area contributed by atoms with Crippen molar-refractivity contribution in [2.24, 2.45) is 0 Å². The van der Waals surface area contributed by atoms with E-state index in [9.17, 15) is 45.3 Å². The van der Waals surface area contributed by atoms with E-state index in [0.29, 0.717) is 24.2 Å². The minimum absolute atomic E-state index is 0.0654. The van der Waals surface area contributed by atoms with Crippen LogP contribution in [0.3, 0.4) is 0 Å². The quantitative estimate of drug-likeness (QED) is 0.0843. The number of alkyl halides is 1. The van der Waals surface area contributed by atoms with Crippen molar-refractivity contribution in [1.82, 2.24) is 5.32 Å². The molecule has 0 bridgehead atoms. The summed E-state index contributed by atoms with van der Waals surface area (Å²) in [7, 11) is 0. The zero-order chi connectivity index (χ0) is 26.9. The number of hydrogen-bond donors (Lipinski definition) is 8. The molecule has 0 radical (unpaired) electrons. The van der Waals surface area contributed by atoms with Gasteiger partial charge in [-0.25, -0.2) is 0 Å². The van der Waals surface area contributed by atoms with E-state index in [-0.39, 0.29) is 23.6 Å². The van der Waals surface area contributed by atoms with Crippen LogP contribution >= 0.6 is 0 Å².